The summed E-state index contributed by atoms with van der Waals surface area (Å²) in [6.45, 7) is 5.58. The number of hydrogen-bond acceptors (Lipinski definition) is 4. The second kappa shape index (κ2) is 8.06. The molecule has 1 saturated heterocycles. The number of rotatable bonds is 9. The maximum atomic E-state index is 11.9. The van der Waals surface area contributed by atoms with Crippen LogP contribution in [0.3, 0.4) is 0 Å². The van der Waals surface area contributed by atoms with Gasteiger partial charge < -0.3 is 10.1 Å². The number of hydrogen-bond donors (Lipinski definition) is 2. The first kappa shape index (κ1) is 15.8. The van der Waals surface area contributed by atoms with Gasteiger partial charge in [-0.25, -0.2) is 0 Å². The van der Waals surface area contributed by atoms with E-state index in [4.69, 9.17) is 4.74 Å². The van der Waals surface area contributed by atoms with Gasteiger partial charge in [0.2, 0.25) is 0 Å². The summed E-state index contributed by atoms with van der Waals surface area (Å²) < 4.78 is 33.1. The van der Waals surface area contributed by atoms with E-state index in [2.05, 4.69) is 17.0 Å². The molecule has 0 saturated carbocycles. The Kier molecular flexibility index (Phi) is 7.10. The van der Waals surface area contributed by atoms with Crippen molar-refractivity contribution >= 4 is 10.2 Å². The topological polar surface area (TPSA) is 70.7 Å². The summed E-state index contributed by atoms with van der Waals surface area (Å²) in [7, 11) is -1.75. The Hall–Kier alpha value is -0.210. The molecule has 1 atom stereocenters. The molecule has 0 aromatic rings. The fourth-order valence-corrected chi connectivity index (χ4v) is 2.93. The van der Waals surface area contributed by atoms with Crippen molar-refractivity contribution in [2.45, 2.75) is 32.2 Å². The van der Waals surface area contributed by atoms with Gasteiger partial charge in [0.25, 0.3) is 10.2 Å². The monoisotopic (exact) mass is 279 g/mol. The van der Waals surface area contributed by atoms with Crippen molar-refractivity contribution in [3.8, 4) is 0 Å². The lowest BCUT2D eigenvalue weighted by molar-refractivity contribution is 0.192. The van der Waals surface area contributed by atoms with Gasteiger partial charge in [0.05, 0.1) is 6.61 Å². The van der Waals surface area contributed by atoms with Crippen molar-refractivity contribution in [1.82, 2.24) is 14.3 Å². The summed E-state index contributed by atoms with van der Waals surface area (Å²) in [6.07, 6.45) is 2.67. The van der Waals surface area contributed by atoms with E-state index in [9.17, 15) is 8.42 Å². The molecular formula is C11H25N3O3S. The summed E-state index contributed by atoms with van der Waals surface area (Å²) in [6, 6.07) is -0.0735. The zero-order valence-corrected chi connectivity index (χ0v) is 12.1. The van der Waals surface area contributed by atoms with E-state index < -0.39 is 10.2 Å². The van der Waals surface area contributed by atoms with Crippen molar-refractivity contribution in [3.05, 3.63) is 0 Å². The Morgan fingerprint density at radius 1 is 1.39 bits per heavy atom. The van der Waals surface area contributed by atoms with Crippen LogP contribution in [0.5, 0.6) is 0 Å². The third-order valence-electron chi connectivity index (χ3n) is 2.91. The highest BCUT2D eigenvalue weighted by Gasteiger charge is 2.24. The van der Waals surface area contributed by atoms with Crippen LogP contribution in [0, 0.1) is 0 Å². The second-order valence-electron chi connectivity index (χ2n) is 4.61. The summed E-state index contributed by atoms with van der Waals surface area (Å²) in [4.78, 5) is 0. The van der Waals surface area contributed by atoms with Crippen LogP contribution in [0.1, 0.15) is 26.2 Å². The second-order valence-corrected chi connectivity index (χ2v) is 6.42. The molecule has 2 N–H and O–H groups in total. The van der Waals surface area contributed by atoms with Crippen molar-refractivity contribution in [2.24, 2.45) is 0 Å². The van der Waals surface area contributed by atoms with Crippen LogP contribution >= 0.6 is 0 Å². The van der Waals surface area contributed by atoms with E-state index in [0.717, 1.165) is 32.4 Å². The zero-order valence-electron chi connectivity index (χ0n) is 11.3. The Balaban J connectivity index is 2.23. The van der Waals surface area contributed by atoms with E-state index in [1.54, 1.807) is 7.05 Å². The highest BCUT2D eigenvalue weighted by atomic mass is 32.2. The smallest absolute Gasteiger partial charge is 0.279 e. The van der Waals surface area contributed by atoms with Crippen molar-refractivity contribution < 1.29 is 13.2 Å². The van der Waals surface area contributed by atoms with Crippen LogP contribution in [0.25, 0.3) is 0 Å². The van der Waals surface area contributed by atoms with Crippen molar-refractivity contribution in [1.29, 1.82) is 0 Å². The number of nitrogens with zero attached hydrogens (tertiary/aromatic N) is 1. The molecule has 108 valence electrons. The van der Waals surface area contributed by atoms with Crippen molar-refractivity contribution in [3.63, 3.8) is 0 Å². The lowest BCUT2D eigenvalue weighted by Crippen LogP contribution is -2.44. The van der Waals surface area contributed by atoms with E-state index in [1.165, 1.54) is 4.31 Å². The minimum atomic E-state index is -3.36. The summed E-state index contributed by atoms with van der Waals surface area (Å²) in [5.74, 6) is 0. The molecule has 1 aliphatic rings. The van der Waals surface area contributed by atoms with E-state index in [-0.39, 0.29) is 6.04 Å². The largest absolute Gasteiger partial charge is 0.380 e. The molecule has 18 heavy (non-hydrogen) atoms. The first-order valence-electron chi connectivity index (χ1n) is 6.58. The minimum Gasteiger partial charge on any atom is -0.380 e. The predicted octanol–water partition coefficient (Wildman–Crippen LogP) is -0.0688. The molecule has 0 aromatic carbocycles. The predicted molar refractivity (Wildman–Crippen MR) is 71.7 cm³/mol. The van der Waals surface area contributed by atoms with Gasteiger partial charge in [-0.15, -0.1) is 0 Å². The maximum absolute atomic E-state index is 11.9. The van der Waals surface area contributed by atoms with Gasteiger partial charge in [0.1, 0.15) is 0 Å². The van der Waals surface area contributed by atoms with Gasteiger partial charge >= 0.3 is 0 Å². The van der Waals surface area contributed by atoms with Crippen molar-refractivity contribution in [2.75, 3.05) is 39.9 Å². The average Bonchev–Trinajstić information content (AvgIpc) is 2.80. The van der Waals surface area contributed by atoms with E-state index in [1.807, 2.05) is 0 Å². The zero-order chi connectivity index (χ0) is 13.4. The van der Waals surface area contributed by atoms with Crippen LogP contribution in [-0.4, -0.2) is 58.7 Å². The summed E-state index contributed by atoms with van der Waals surface area (Å²) in [5.41, 5.74) is 0. The molecule has 6 nitrogen and oxygen atoms in total. The third kappa shape index (κ3) is 5.62. The van der Waals surface area contributed by atoms with Crippen LogP contribution < -0.4 is 10.0 Å². The number of nitrogens with one attached hydrogen (secondary N) is 2. The van der Waals surface area contributed by atoms with Crippen LogP contribution in [0.15, 0.2) is 0 Å². The molecule has 1 unspecified atom stereocenters. The van der Waals surface area contributed by atoms with Crippen LogP contribution in [0.4, 0.5) is 0 Å². The molecular weight excluding hydrogens is 254 g/mol. The molecule has 1 aliphatic heterocycles. The summed E-state index contributed by atoms with van der Waals surface area (Å²) in [5, 5.41) is 3.25. The van der Waals surface area contributed by atoms with Gasteiger partial charge in [-0.1, -0.05) is 6.92 Å². The molecule has 1 rings (SSSR count). The fourth-order valence-electron chi connectivity index (χ4n) is 1.78. The fraction of sp³-hybridized carbons (Fsp3) is 1.00. The van der Waals surface area contributed by atoms with Gasteiger partial charge in [0, 0.05) is 26.2 Å². The van der Waals surface area contributed by atoms with Gasteiger partial charge in [-0.2, -0.15) is 17.4 Å². The first-order valence-corrected chi connectivity index (χ1v) is 8.02. The SMILES string of the molecule is CCCNCCCN(C)S(=O)(=O)NC1CCOC1. The molecule has 7 heteroatoms. The molecule has 0 amide bonds. The highest BCUT2D eigenvalue weighted by Crippen LogP contribution is 2.06. The molecule has 0 aliphatic carbocycles. The molecule has 0 aromatic heterocycles. The van der Waals surface area contributed by atoms with Gasteiger partial charge in [0.15, 0.2) is 0 Å². The highest BCUT2D eigenvalue weighted by molar-refractivity contribution is 7.87. The number of ether oxygens (including phenoxy) is 1. The minimum absolute atomic E-state index is 0.0735. The van der Waals surface area contributed by atoms with Gasteiger partial charge in [-0.3, -0.25) is 0 Å². The Morgan fingerprint density at radius 2 is 2.17 bits per heavy atom. The lowest BCUT2D eigenvalue weighted by atomic mass is 10.3. The molecule has 0 spiro atoms. The summed E-state index contributed by atoms with van der Waals surface area (Å²) >= 11 is 0. The molecule has 0 radical (unpaired) electrons. The Morgan fingerprint density at radius 3 is 2.78 bits per heavy atom. The maximum Gasteiger partial charge on any atom is 0.279 e. The molecule has 1 heterocycles. The Bertz CT molecular complexity index is 315. The van der Waals surface area contributed by atoms with Crippen LogP contribution in [-0.2, 0) is 14.9 Å². The lowest BCUT2D eigenvalue weighted by Gasteiger charge is -2.20. The quantitative estimate of drug-likeness (QED) is 0.580. The first-order chi connectivity index (χ1) is 8.56. The molecule has 0 bridgehead atoms. The van der Waals surface area contributed by atoms with E-state index >= 15 is 0 Å². The average molecular weight is 279 g/mol. The van der Waals surface area contributed by atoms with E-state index in [0.29, 0.717) is 19.8 Å². The normalized spacial score (nSPS) is 20.7. The third-order valence-corrected chi connectivity index (χ3v) is 4.54. The van der Waals surface area contributed by atoms with Gasteiger partial charge in [-0.05, 0) is 32.4 Å². The standard InChI is InChI=1S/C11H25N3O3S/c1-3-6-12-7-4-8-14(2)18(15,16)13-11-5-9-17-10-11/h11-13H,3-10H2,1-2H3. The molecule has 1 fully saturated rings. The Labute approximate surface area is 110 Å². The van der Waals surface area contributed by atoms with Crippen LogP contribution in [0.2, 0.25) is 0 Å².